The summed E-state index contributed by atoms with van der Waals surface area (Å²) in [6.07, 6.45) is 0.905. The number of nitro groups is 1. The molecule has 1 fully saturated rings. The van der Waals surface area contributed by atoms with Crippen molar-refractivity contribution in [3.8, 4) is 11.5 Å². The van der Waals surface area contributed by atoms with Crippen LogP contribution in [0.5, 0.6) is 11.5 Å². The van der Waals surface area contributed by atoms with Crippen LogP contribution >= 0.6 is 0 Å². The maximum absolute atomic E-state index is 11.3. The minimum atomic E-state index is -1.08. The van der Waals surface area contributed by atoms with Crippen LogP contribution in [-0.4, -0.2) is 29.6 Å². The van der Waals surface area contributed by atoms with Gasteiger partial charge in [0.1, 0.15) is 6.10 Å². The summed E-state index contributed by atoms with van der Waals surface area (Å²) in [7, 11) is 1.44. The number of amides is 1. The van der Waals surface area contributed by atoms with E-state index in [1.54, 1.807) is 0 Å². The van der Waals surface area contributed by atoms with Gasteiger partial charge in [0, 0.05) is 12.5 Å². The quantitative estimate of drug-likeness (QED) is 0.607. The Bertz CT molecular complexity index is 577. The van der Waals surface area contributed by atoms with Crippen molar-refractivity contribution in [2.45, 2.75) is 30.9 Å². The Labute approximate surface area is 121 Å². The molecule has 2 unspecified atom stereocenters. The number of non-ortho nitro benzene ring substituents is 1. The largest absolute Gasteiger partial charge is 0.493 e. The predicted molar refractivity (Wildman–Crippen MR) is 74.0 cm³/mol. The monoisotopic (exact) mass is 295 g/mol. The summed E-state index contributed by atoms with van der Waals surface area (Å²) in [6.45, 7) is 0. The highest BCUT2D eigenvalue weighted by Crippen LogP contribution is 2.36. The highest BCUT2D eigenvalue weighted by molar-refractivity contribution is 5.84. The number of primary amides is 1. The van der Waals surface area contributed by atoms with Crippen molar-refractivity contribution in [2.75, 3.05) is 7.11 Å². The van der Waals surface area contributed by atoms with Gasteiger partial charge in [-0.15, -0.1) is 0 Å². The van der Waals surface area contributed by atoms with E-state index in [-0.39, 0.29) is 24.0 Å². The molecular weight excluding hydrogens is 278 g/mol. The Kier molecular flexibility index (Phi) is 3.99. The van der Waals surface area contributed by atoms with Crippen molar-refractivity contribution in [3.05, 3.63) is 28.3 Å². The number of nitro benzene ring substituents is 1. The summed E-state index contributed by atoms with van der Waals surface area (Å²) in [5, 5.41) is 10.8. The van der Waals surface area contributed by atoms with E-state index >= 15 is 0 Å². The summed E-state index contributed by atoms with van der Waals surface area (Å²) in [6, 6.07) is 4.09. The van der Waals surface area contributed by atoms with Gasteiger partial charge in [-0.25, -0.2) is 0 Å². The Morgan fingerprint density at radius 3 is 2.71 bits per heavy atom. The number of carbonyl (C=O) groups is 1. The topological polar surface area (TPSA) is 131 Å². The molecule has 1 amide bonds. The number of methoxy groups -OCH3 is 1. The smallest absolute Gasteiger partial charge is 0.273 e. The Morgan fingerprint density at radius 1 is 1.48 bits per heavy atom. The third-order valence-electron chi connectivity index (χ3n) is 3.65. The van der Waals surface area contributed by atoms with Gasteiger partial charge in [0.15, 0.2) is 11.5 Å². The van der Waals surface area contributed by atoms with Crippen LogP contribution in [0.1, 0.15) is 19.3 Å². The van der Waals surface area contributed by atoms with Crippen LogP contribution in [0.4, 0.5) is 5.69 Å². The van der Waals surface area contributed by atoms with Crippen LogP contribution in [0, 0.1) is 10.1 Å². The van der Waals surface area contributed by atoms with E-state index in [0.717, 1.165) is 0 Å². The van der Waals surface area contributed by atoms with E-state index in [4.69, 9.17) is 20.9 Å². The Morgan fingerprint density at radius 2 is 2.19 bits per heavy atom. The van der Waals surface area contributed by atoms with Gasteiger partial charge in [0.2, 0.25) is 5.91 Å². The molecule has 0 spiro atoms. The van der Waals surface area contributed by atoms with Gasteiger partial charge >= 0.3 is 0 Å². The van der Waals surface area contributed by atoms with Crippen molar-refractivity contribution in [1.82, 2.24) is 0 Å². The summed E-state index contributed by atoms with van der Waals surface area (Å²) in [5.74, 6) is 0.0687. The van der Waals surface area contributed by atoms with Gasteiger partial charge in [0.05, 0.1) is 23.6 Å². The normalized spacial score (nSPS) is 24.6. The second-order valence-electron chi connectivity index (χ2n) is 5.10. The molecular formula is C13H17N3O5. The number of ether oxygens (including phenoxy) is 2. The fourth-order valence-corrected chi connectivity index (χ4v) is 2.40. The van der Waals surface area contributed by atoms with Crippen LogP contribution in [0.2, 0.25) is 0 Å². The van der Waals surface area contributed by atoms with Crippen LogP contribution < -0.4 is 20.9 Å². The summed E-state index contributed by atoms with van der Waals surface area (Å²) in [5.41, 5.74) is 9.99. The maximum atomic E-state index is 11.3. The van der Waals surface area contributed by atoms with Gasteiger partial charge in [-0.2, -0.15) is 0 Å². The summed E-state index contributed by atoms with van der Waals surface area (Å²) < 4.78 is 10.8. The number of nitrogens with two attached hydrogens (primary N) is 2. The number of hydrogen-bond acceptors (Lipinski definition) is 6. The lowest BCUT2D eigenvalue weighted by atomic mass is 9.99. The van der Waals surface area contributed by atoms with E-state index in [2.05, 4.69) is 0 Å². The van der Waals surface area contributed by atoms with Crippen molar-refractivity contribution in [2.24, 2.45) is 11.5 Å². The first-order valence-electron chi connectivity index (χ1n) is 6.43. The molecule has 4 N–H and O–H groups in total. The van der Waals surface area contributed by atoms with Crippen molar-refractivity contribution < 1.29 is 19.2 Å². The molecule has 2 rings (SSSR count). The molecule has 1 aromatic rings. The van der Waals surface area contributed by atoms with E-state index in [1.807, 2.05) is 0 Å². The lowest BCUT2D eigenvalue weighted by Gasteiger charge is -2.20. The SMILES string of the molecule is COc1ccc([N+](=O)[O-])cc1OC1CCC(N)(C(N)=O)C1. The molecule has 0 bridgehead atoms. The molecule has 8 heteroatoms. The van der Waals surface area contributed by atoms with Gasteiger partial charge in [-0.1, -0.05) is 0 Å². The zero-order valence-corrected chi connectivity index (χ0v) is 11.6. The number of rotatable bonds is 5. The second kappa shape index (κ2) is 5.57. The van der Waals surface area contributed by atoms with E-state index in [0.29, 0.717) is 18.6 Å². The summed E-state index contributed by atoms with van der Waals surface area (Å²) >= 11 is 0. The highest BCUT2D eigenvalue weighted by atomic mass is 16.6. The third kappa shape index (κ3) is 3.05. The molecule has 0 heterocycles. The fraction of sp³-hybridized carbons (Fsp3) is 0.462. The van der Waals surface area contributed by atoms with Crippen molar-refractivity contribution in [3.63, 3.8) is 0 Å². The molecule has 21 heavy (non-hydrogen) atoms. The van der Waals surface area contributed by atoms with Crippen LogP contribution in [-0.2, 0) is 4.79 Å². The summed E-state index contributed by atoms with van der Waals surface area (Å²) in [4.78, 5) is 21.6. The molecule has 1 aliphatic rings. The van der Waals surface area contributed by atoms with Gasteiger partial charge in [-0.05, 0) is 18.9 Å². The first kappa shape index (κ1) is 15.0. The molecule has 1 saturated carbocycles. The first-order valence-corrected chi connectivity index (χ1v) is 6.43. The minimum Gasteiger partial charge on any atom is -0.493 e. The molecule has 8 nitrogen and oxygen atoms in total. The van der Waals surface area contributed by atoms with E-state index < -0.39 is 16.4 Å². The molecule has 0 saturated heterocycles. The Hall–Kier alpha value is -2.35. The lowest BCUT2D eigenvalue weighted by Crippen LogP contribution is -2.50. The number of carbonyl (C=O) groups excluding carboxylic acids is 1. The number of benzene rings is 1. The maximum Gasteiger partial charge on any atom is 0.273 e. The van der Waals surface area contributed by atoms with Crippen LogP contribution in [0.25, 0.3) is 0 Å². The molecule has 1 aromatic carbocycles. The third-order valence-corrected chi connectivity index (χ3v) is 3.65. The van der Waals surface area contributed by atoms with Gasteiger partial charge < -0.3 is 20.9 Å². The standard InChI is InChI=1S/C13H17N3O5/c1-20-10-3-2-8(16(18)19)6-11(10)21-9-4-5-13(15,7-9)12(14)17/h2-3,6,9H,4-5,7,15H2,1H3,(H2,14,17). The first-order chi connectivity index (χ1) is 9.85. The number of nitrogens with zero attached hydrogens (tertiary/aromatic N) is 1. The van der Waals surface area contributed by atoms with Crippen LogP contribution in [0.3, 0.4) is 0 Å². The van der Waals surface area contributed by atoms with E-state index in [1.165, 1.54) is 25.3 Å². The average molecular weight is 295 g/mol. The zero-order chi connectivity index (χ0) is 15.6. The molecule has 2 atom stereocenters. The molecule has 114 valence electrons. The van der Waals surface area contributed by atoms with Crippen molar-refractivity contribution in [1.29, 1.82) is 0 Å². The predicted octanol–water partition coefficient (Wildman–Crippen LogP) is 0.717. The highest BCUT2D eigenvalue weighted by Gasteiger charge is 2.42. The fourth-order valence-electron chi connectivity index (χ4n) is 2.40. The van der Waals surface area contributed by atoms with Crippen molar-refractivity contribution >= 4 is 11.6 Å². The number of hydrogen-bond donors (Lipinski definition) is 2. The Balaban J connectivity index is 2.18. The van der Waals surface area contributed by atoms with Crippen LogP contribution in [0.15, 0.2) is 18.2 Å². The molecule has 1 aliphatic carbocycles. The second-order valence-corrected chi connectivity index (χ2v) is 5.10. The van der Waals surface area contributed by atoms with Gasteiger partial charge in [0.25, 0.3) is 5.69 Å². The zero-order valence-electron chi connectivity index (χ0n) is 11.6. The van der Waals surface area contributed by atoms with E-state index in [9.17, 15) is 14.9 Å². The molecule has 0 radical (unpaired) electrons. The average Bonchev–Trinajstić information content (AvgIpc) is 2.81. The molecule has 0 aliphatic heterocycles. The molecule has 0 aromatic heterocycles. The lowest BCUT2D eigenvalue weighted by molar-refractivity contribution is -0.385. The minimum absolute atomic E-state index is 0.0993. The van der Waals surface area contributed by atoms with Gasteiger partial charge in [-0.3, -0.25) is 14.9 Å².